The van der Waals surface area contributed by atoms with E-state index >= 15 is 0 Å². The zero-order chi connectivity index (χ0) is 19.6. The monoisotopic (exact) mass is 443 g/mol. The molecule has 0 saturated carbocycles. The van der Waals surface area contributed by atoms with Gasteiger partial charge in [-0.15, -0.1) is 0 Å². The molecule has 1 saturated heterocycles. The summed E-state index contributed by atoms with van der Waals surface area (Å²) in [6.45, 7) is 6.79. The summed E-state index contributed by atoms with van der Waals surface area (Å²) < 4.78 is 12.8. The number of ether oxygens (including phenoxy) is 2. The average molecular weight is 444 g/mol. The van der Waals surface area contributed by atoms with Crippen LogP contribution in [0.5, 0.6) is 11.5 Å². The number of hydrogen-bond donors (Lipinski definition) is 0. The molecular weight excluding hydrogens is 418 g/mol. The summed E-state index contributed by atoms with van der Waals surface area (Å²) in [5, 5.41) is 8.74. The summed E-state index contributed by atoms with van der Waals surface area (Å²) in [7, 11) is 0. The molecule has 0 unspecified atom stereocenters. The topological polar surface area (TPSA) is 48.7 Å². The van der Waals surface area contributed by atoms with E-state index in [1.165, 1.54) is 5.56 Å². The van der Waals surface area contributed by atoms with Crippen LogP contribution in [-0.2, 0) is 6.54 Å². The van der Waals surface area contributed by atoms with Crippen molar-refractivity contribution >= 4 is 15.9 Å². The van der Waals surface area contributed by atoms with Crippen LogP contribution in [0.2, 0.25) is 0 Å². The van der Waals surface area contributed by atoms with Crippen molar-refractivity contribution in [2.75, 3.05) is 45.9 Å². The van der Waals surface area contributed by atoms with E-state index in [0.717, 1.165) is 55.2 Å². The van der Waals surface area contributed by atoms with Crippen LogP contribution in [0, 0.1) is 11.3 Å². The van der Waals surface area contributed by atoms with Crippen molar-refractivity contribution < 1.29 is 9.47 Å². The van der Waals surface area contributed by atoms with Gasteiger partial charge in [0.25, 0.3) is 0 Å². The Morgan fingerprint density at radius 1 is 0.929 bits per heavy atom. The molecule has 0 radical (unpaired) electrons. The molecule has 0 atom stereocenters. The van der Waals surface area contributed by atoms with Crippen LogP contribution in [0.4, 0.5) is 0 Å². The largest absolute Gasteiger partial charge is 0.490 e. The fourth-order valence-corrected chi connectivity index (χ4v) is 3.67. The summed E-state index contributed by atoms with van der Waals surface area (Å²) >= 11 is 3.57. The van der Waals surface area contributed by atoms with Gasteiger partial charge in [-0.05, 0) is 30.3 Å². The van der Waals surface area contributed by atoms with Crippen LogP contribution >= 0.6 is 15.9 Å². The predicted molar refractivity (Wildman–Crippen MR) is 114 cm³/mol. The molecule has 1 aliphatic heterocycles. The van der Waals surface area contributed by atoms with Crippen LogP contribution < -0.4 is 9.47 Å². The Bertz CT molecular complexity index is 771. The maximum Gasteiger partial charge on any atom is 0.124 e. The standard InChI is InChI=1S/C22H26BrN3O2/c23-20-7-8-22(28-16-15-27-21-5-2-1-3-6-21)19(17-20)18-26-13-11-25(12-14-26)10-4-9-24/h1-3,5-8,17H,4,10-16,18H2. The normalized spacial score (nSPS) is 15.1. The van der Waals surface area contributed by atoms with E-state index in [1.54, 1.807) is 0 Å². The average Bonchev–Trinajstić information content (AvgIpc) is 2.73. The minimum Gasteiger partial charge on any atom is -0.490 e. The molecule has 0 bridgehead atoms. The number of hydrogen-bond acceptors (Lipinski definition) is 5. The molecule has 6 heteroatoms. The number of piperazine rings is 1. The molecule has 2 aromatic rings. The number of halogens is 1. The SMILES string of the molecule is N#CCCN1CCN(Cc2cc(Br)ccc2OCCOc2ccccc2)CC1. The Hall–Kier alpha value is -2.07. The van der Waals surface area contributed by atoms with Gasteiger partial charge in [0.05, 0.1) is 6.07 Å². The summed E-state index contributed by atoms with van der Waals surface area (Å²) in [5.74, 6) is 1.77. The lowest BCUT2D eigenvalue weighted by Gasteiger charge is -2.34. The van der Waals surface area contributed by atoms with Gasteiger partial charge in [0.2, 0.25) is 0 Å². The van der Waals surface area contributed by atoms with E-state index in [-0.39, 0.29) is 0 Å². The second kappa shape index (κ2) is 11.1. The first-order valence-electron chi connectivity index (χ1n) is 9.65. The molecule has 0 spiro atoms. The zero-order valence-electron chi connectivity index (χ0n) is 16.0. The third-order valence-corrected chi connectivity index (χ3v) is 5.27. The van der Waals surface area contributed by atoms with Gasteiger partial charge in [-0.3, -0.25) is 9.80 Å². The van der Waals surface area contributed by atoms with Gasteiger partial charge >= 0.3 is 0 Å². The second-order valence-corrected chi connectivity index (χ2v) is 7.70. The van der Waals surface area contributed by atoms with Crippen LogP contribution in [0.3, 0.4) is 0 Å². The number of benzene rings is 2. The molecule has 0 aromatic heterocycles. The molecule has 148 valence electrons. The highest BCUT2D eigenvalue weighted by Crippen LogP contribution is 2.25. The van der Waals surface area contributed by atoms with Crippen molar-refractivity contribution in [1.29, 1.82) is 5.26 Å². The molecule has 0 aliphatic carbocycles. The van der Waals surface area contributed by atoms with E-state index in [1.807, 2.05) is 42.5 Å². The minimum absolute atomic E-state index is 0.505. The zero-order valence-corrected chi connectivity index (χ0v) is 17.6. The van der Waals surface area contributed by atoms with Crippen LogP contribution in [-0.4, -0.2) is 55.7 Å². The first kappa shape index (κ1) is 20.7. The van der Waals surface area contributed by atoms with Gasteiger partial charge in [0, 0.05) is 55.7 Å². The van der Waals surface area contributed by atoms with Crippen LogP contribution in [0.25, 0.3) is 0 Å². The van der Waals surface area contributed by atoms with Crippen molar-refractivity contribution in [3.63, 3.8) is 0 Å². The van der Waals surface area contributed by atoms with Crippen molar-refractivity contribution in [3.8, 4) is 17.6 Å². The molecular formula is C22H26BrN3O2. The van der Waals surface area contributed by atoms with E-state index in [0.29, 0.717) is 19.6 Å². The molecule has 0 amide bonds. The number of nitrogens with zero attached hydrogens (tertiary/aromatic N) is 3. The highest BCUT2D eigenvalue weighted by atomic mass is 79.9. The van der Waals surface area contributed by atoms with E-state index in [2.05, 4.69) is 37.9 Å². The Labute approximate surface area is 175 Å². The number of rotatable bonds is 9. The number of nitriles is 1. The molecule has 0 N–H and O–H groups in total. The van der Waals surface area contributed by atoms with E-state index in [9.17, 15) is 0 Å². The Morgan fingerprint density at radius 3 is 2.39 bits per heavy atom. The summed E-state index contributed by atoms with van der Waals surface area (Å²) in [5.41, 5.74) is 1.18. The predicted octanol–water partition coefficient (Wildman–Crippen LogP) is 3.94. The molecule has 1 aliphatic rings. The van der Waals surface area contributed by atoms with Gasteiger partial charge < -0.3 is 9.47 Å². The van der Waals surface area contributed by atoms with Crippen molar-refractivity contribution in [2.45, 2.75) is 13.0 Å². The Balaban J connectivity index is 1.49. The second-order valence-electron chi connectivity index (χ2n) is 6.79. The number of para-hydroxylation sites is 1. The van der Waals surface area contributed by atoms with Gasteiger partial charge in [-0.2, -0.15) is 5.26 Å². The van der Waals surface area contributed by atoms with Gasteiger partial charge in [-0.25, -0.2) is 0 Å². The van der Waals surface area contributed by atoms with Crippen LogP contribution in [0.15, 0.2) is 53.0 Å². The molecule has 28 heavy (non-hydrogen) atoms. The minimum atomic E-state index is 0.505. The molecule has 1 fully saturated rings. The first-order valence-corrected chi connectivity index (χ1v) is 10.4. The van der Waals surface area contributed by atoms with Gasteiger partial charge in [0.1, 0.15) is 24.7 Å². The maximum atomic E-state index is 8.74. The highest BCUT2D eigenvalue weighted by Gasteiger charge is 2.18. The lowest BCUT2D eigenvalue weighted by molar-refractivity contribution is 0.127. The fraction of sp³-hybridized carbons (Fsp3) is 0.409. The molecule has 5 nitrogen and oxygen atoms in total. The van der Waals surface area contributed by atoms with Crippen LogP contribution in [0.1, 0.15) is 12.0 Å². The third kappa shape index (κ3) is 6.52. The van der Waals surface area contributed by atoms with Gasteiger partial charge in [-0.1, -0.05) is 34.1 Å². The quantitative estimate of drug-likeness (QED) is 0.549. The lowest BCUT2D eigenvalue weighted by Crippen LogP contribution is -2.46. The Kier molecular flexibility index (Phi) is 8.16. The van der Waals surface area contributed by atoms with E-state index < -0.39 is 0 Å². The summed E-state index contributed by atoms with van der Waals surface area (Å²) in [6.07, 6.45) is 0.606. The summed E-state index contributed by atoms with van der Waals surface area (Å²) in [4.78, 5) is 4.80. The lowest BCUT2D eigenvalue weighted by atomic mass is 10.1. The third-order valence-electron chi connectivity index (χ3n) is 4.77. The van der Waals surface area contributed by atoms with Crippen molar-refractivity contribution in [2.24, 2.45) is 0 Å². The van der Waals surface area contributed by atoms with Gasteiger partial charge in [0.15, 0.2) is 0 Å². The molecule has 2 aromatic carbocycles. The smallest absolute Gasteiger partial charge is 0.124 e. The first-order chi connectivity index (χ1) is 13.7. The summed E-state index contributed by atoms with van der Waals surface area (Å²) in [6, 6.07) is 18.2. The molecule has 3 rings (SSSR count). The van der Waals surface area contributed by atoms with Crippen molar-refractivity contribution in [3.05, 3.63) is 58.6 Å². The molecule has 1 heterocycles. The fourth-order valence-electron chi connectivity index (χ4n) is 3.26. The highest BCUT2D eigenvalue weighted by molar-refractivity contribution is 9.10. The van der Waals surface area contributed by atoms with E-state index in [4.69, 9.17) is 14.7 Å². The van der Waals surface area contributed by atoms with Crippen molar-refractivity contribution in [1.82, 2.24) is 9.80 Å². The maximum absolute atomic E-state index is 8.74. The Morgan fingerprint density at radius 2 is 1.64 bits per heavy atom.